The maximum Gasteiger partial charge on any atom is 0.257 e. The lowest BCUT2D eigenvalue weighted by molar-refractivity contribution is -0.123. The van der Waals surface area contributed by atoms with E-state index in [9.17, 15) is 4.79 Å². The summed E-state index contributed by atoms with van der Waals surface area (Å²) >= 11 is 0. The Kier molecular flexibility index (Phi) is 3.12. The third-order valence-electron chi connectivity index (χ3n) is 2.05. The van der Waals surface area contributed by atoms with Crippen molar-refractivity contribution < 1.29 is 4.79 Å². The molecule has 1 heterocycles. The first kappa shape index (κ1) is 10.6. The maximum absolute atomic E-state index is 11.5. The quantitative estimate of drug-likeness (QED) is 0.668. The molecule has 0 spiro atoms. The van der Waals surface area contributed by atoms with Crippen molar-refractivity contribution in [1.82, 2.24) is 9.80 Å². The molecule has 3 nitrogen and oxygen atoms in total. The van der Waals surface area contributed by atoms with Crippen LogP contribution in [0.2, 0.25) is 0 Å². The molecule has 0 aromatic carbocycles. The Balaban J connectivity index is 2.95. The Morgan fingerprint density at radius 3 is 2.64 bits per heavy atom. The summed E-state index contributed by atoms with van der Waals surface area (Å²) in [6.07, 6.45) is 6.87. The Morgan fingerprint density at radius 2 is 2.14 bits per heavy atom. The first-order chi connectivity index (χ1) is 6.57. The van der Waals surface area contributed by atoms with Gasteiger partial charge in [-0.2, -0.15) is 0 Å². The highest BCUT2D eigenvalue weighted by atomic mass is 16.2. The summed E-state index contributed by atoms with van der Waals surface area (Å²) in [5.41, 5.74) is 0. The van der Waals surface area contributed by atoms with Crippen LogP contribution in [0.3, 0.4) is 0 Å². The smallest absolute Gasteiger partial charge is 0.257 e. The zero-order valence-electron chi connectivity index (χ0n) is 8.90. The highest BCUT2D eigenvalue weighted by molar-refractivity contribution is 5.90. The number of nitrogens with zero attached hydrogens (tertiary/aromatic N) is 2. The Hall–Kier alpha value is -1.51. The van der Waals surface area contributed by atoms with E-state index in [1.165, 1.54) is 0 Å². The molecule has 0 N–H and O–H groups in total. The molecular weight excluding hydrogens is 176 g/mol. The molecule has 1 amide bonds. The van der Waals surface area contributed by atoms with Crippen LogP contribution in [0.15, 0.2) is 37.0 Å². The monoisotopic (exact) mass is 192 g/mol. The Morgan fingerprint density at radius 1 is 1.50 bits per heavy atom. The van der Waals surface area contributed by atoms with E-state index in [4.69, 9.17) is 0 Å². The summed E-state index contributed by atoms with van der Waals surface area (Å²) in [5, 5.41) is 0. The van der Waals surface area contributed by atoms with Crippen molar-refractivity contribution in [2.45, 2.75) is 26.8 Å². The molecular formula is C11H16N2O. The predicted molar refractivity (Wildman–Crippen MR) is 56.9 cm³/mol. The number of carbonyl (C=O) groups is 1. The second-order valence-corrected chi connectivity index (χ2v) is 3.42. The summed E-state index contributed by atoms with van der Waals surface area (Å²) in [6, 6.07) is 0.305. The van der Waals surface area contributed by atoms with Gasteiger partial charge in [0.1, 0.15) is 5.82 Å². The van der Waals surface area contributed by atoms with Crippen molar-refractivity contribution in [2.75, 3.05) is 0 Å². The van der Waals surface area contributed by atoms with Crippen LogP contribution >= 0.6 is 0 Å². The number of hydrogen-bond acceptors (Lipinski definition) is 2. The van der Waals surface area contributed by atoms with Crippen molar-refractivity contribution in [1.29, 1.82) is 0 Å². The van der Waals surface area contributed by atoms with Gasteiger partial charge in [0.25, 0.3) is 5.91 Å². The highest BCUT2D eigenvalue weighted by Crippen LogP contribution is 2.18. The van der Waals surface area contributed by atoms with Crippen LogP contribution in [-0.2, 0) is 4.79 Å². The van der Waals surface area contributed by atoms with Gasteiger partial charge in [-0.3, -0.25) is 9.69 Å². The third kappa shape index (κ3) is 1.87. The fourth-order valence-electron chi connectivity index (χ4n) is 1.34. The van der Waals surface area contributed by atoms with E-state index in [0.717, 1.165) is 0 Å². The van der Waals surface area contributed by atoms with E-state index in [-0.39, 0.29) is 5.91 Å². The molecule has 0 aromatic rings. The van der Waals surface area contributed by atoms with Gasteiger partial charge in [-0.1, -0.05) is 12.7 Å². The molecule has 3 heteroatoms. The summed E-state index contributed by atoms with van der Waals surface area (Å²) in [7, 11) is 0. The lowest BCUT2D eigenvalue weighted by Crippen LogP contribution is -2.39. The van der Waals surface area contributed by atoms with E-state index in [1.54, 1.807) is 23.4 Å². The fourth-order valence-corrected chi connectivity index (χ4v) is 1.34. The molecule has 0 saturated carbocycles. The number of carbonyl (C=O) groups excluding carboxylic acids is 1. The van der Waals surface area contributed by atoms with Gasteiger partial charge < -0.3 is 4.90 Å². The van der Waals surface area contributed by atoms with Crippen molar-refractivity contribution >= 4 is 5.91 Å². The molecule has 0 unspecified atom stereocenters. The molecule has 1 aliphatic heterocycles. The zero-order chi connectivity index (χ0) is 10.7. The predicted octanol–water partition coefficient (Wildman–Crippen LogP) is 2.06. The van der Waals surface area contributed by atoms with Gasteiger partial charge in [0.15, 0.2) is 0 Å². The van der Waals surface area contributed by atoms with Crippen LogP contribution < -0.4 is 0 Å². The molecule has 0 aliphatic carbocycles. The molecule has 76 valence electrons. The van der Waals surface area contributed by atoms with E-state index >= 15 is 0 Å². The van der Waals surface area contributed by atoms with Gasteiger partial charge in [-0.25, -0.2) is 0 Å². The summed E-state index contributed by atoms with van der Waals surface area (Å²) in [6.45, 7) is 9.88. The lowest BCUT2D eigenvalue weighted by atomic mass is 10.3. The van der Waals surface area contributed by atoms with Gasteiger partial charge in [0.05, 0.1) is 0 Å². The van der Waals surface area contributed by atoms with Crippen LogP contribution in [0, 0.1) is 0 Å². The Bertz CT molecular complexity index is 302. The van der Waals surface area contributed by atoms with Gasteiger partial charge in [0, 0.05) is 24.5 Å². The molecule has 0 atom stereocenters. The topological polar surface area (TPSA) is 23.6 Å². The minimum Gasteiger partial charge on any atom is -0.332 e. The number of rotatable bonds is 2. The number of hydrogen-bond donors (Lipinski definition) is 0. The summed E-state index contributed by atoms with van der Waals surface area (Å²) in [4.78, 5) is 15.0. The lowest BCUT2D eigenvalue weighted by Gasteiger charge is -2.35. The average Bonchev–Trinajstić information content (AvgIpc) is 2.11. The second kappa shape index (κ2) is 4.13. The molecule has 0 radical (unpaired) electrons. The van der Waals surface area contributed by atoms with Crippen LogP contribution in [0.25, 0.3) is 0 Å². The second-order valence-electron chi connectivity index (χ2n) is 3.42. The van der Waals surface area contributed by atoms with E-state index < -0.39 is 0 Å². The molecule has 1 rings (SSSR count). The van der Waals surface area contributed by atoms with Gasteiger partial charge in [-0.15, -0.1) is 0 Å². The van der Waals surface area contributed by atoms with Gasteiger partial charge in [0.2, 0.25) is 0 Å². The maximum atomic E-state index is 11.5. The standard InChI is InChI=1S/C11H16N2O/c1-5-7-13-10(4)12(9(2)3)8-6-11(13)14/h5-9H,4H2,1-3H3/b7-5-. The molecule has 1 aliphatic rings. The average molecular weight is 192 g/mol. The SMILES string of the molecule is C=C1N(/C=C\C)C(=O)C=CN1C(C)C. The molecule has 0 bridgehead atoms. The van der Waals surface area contributed by atoms with Crippen molar-refractivity contribution in [3.8, 4) is 0 Å². The first-order valence-corrected chi connectivity index (χ1v) is 4.69. The van der Waals surface area contributed by atoms with Gasteiger partial charge >= 0.3 is 0 Å². The molecule has 14 heavy (non-hydrogen) atoms. The summed E-state index contributed by atoms with van der Waals surface area (Å²) in [5.74, 6) is 0.649. The number of allylic oxidation sites excluding steroid dienone is 1. The number of amides is 1. The molecule has 0 fully saturated rings. The van der Waals surface area contributed by atoms with Crippen LogP contribution in [0.4, 0.5) is 0 Å². The Labute approximate surface area is 85.0 Å². The molecule has 0 saturated heterocycles. The van der Waals surface area contributed by atoms with Crippen LogP contribution in [-0.4, -0.2) is 21.7 Å². The fraction of sp³-hybridized carbons (Fsp3) is 0.364. The van der Waals surface area contributed by atoms with E-state index in [1.807, 2.05) is 17.9 Å². The highest BCUT2D eigenvalue weighted by Gasteiger charge is 2.22. The van der Waals surface area contributed by atoms with E-state index in [0.29, 0.717) is 11.9 Å². The summed E-state index contributed by atoms with van der Waals surface area (Å²) < 4.78 is 0. The zero-order valence-corrected chi connectivity index (χ0v) is 8.90. The van der Waals surface area contributed by atoms with Crippen molar-refractivity contribution in [2.24, 2.45) is 0 Å². The van der Waals surface area contributed by atoms with E-state index in [2.05, 4.69) is 20.4 Å². The normalized spacial score (nSPS) is 17.7. The van der Waals surface area contributed by atoms with Crippen LogP contribution in [0.1, 0.15) is 20.8 Å². The third-order valence-corrected chi connectivity index (χ3v) is 2.05. The molecule has 0 aromatic heterocycles. The minimum absolute atomic E-state index is 0.0509. The van der Waals surface area contributed by atoms with Crippen molar-refractivity contribution in [3.05, 3.63) is 37.0 Å². The largest absolute Gasteiger partial charge is 0.332 e. The first-order valence-electron chi connectivity index (χ1n) is 4.69. The van der Waals surface area contributed by atoms with Gasteiger partial charge in [-0.05, 0) is 20.8 Å². The minimum atomic E-state index is -0.0509. The van der Waals surface area contributed by atoms with Crippen molar-refractivity contribution in [3.63, 3.8) is 0 Å². The van der Waals surface area contributed by atoms with Crippen LogP contribution in [0.5, 0.6) is 0 Å².